The van der Waals surface area contributed by atoms with Crippen LogP contribution in [0.5, 0.6) is 0 Å². The van der Waals surface area contributed by atoms with Crippen LogP contribution in [0.1, 0.15) is 11.6 Å². The van der Waals surface area contributed by atoms with Gasteiger partial charge in [-0.25, -0.2) is 13.2 Å². The number of rotatable bonds is 2. The Hall–Kier alpha value is -1.38. The van der Waals surface area contributed by atoms with E-state index in [1.165, 1.54) is 0 Å². The molecular formula is C9H5F8N. The summed E-state index contributed by atoms with van der Waals surface area (Å²) in [5, 5.41) is 0. The molecule has 1 aromatic rings. The molecule has 1 nitrogen and oxygen atoms in total. The SMILES string of the molecule is N[C@@H](c1c(F)cc(F)cc1F)C(F)(F)C(F)(F)F. The summed E-state index contributed by atoms with van der Waals surface area (Å²) in [6.45, 7) is 0. The Morgan fingerprint density at radius 1 is 0.889 bits per heavy atom. The van der Waals surface area contributed by atoms with Gasteiger partial charge in [0.25, 0.3) is 0 Å². The van der Waals surface area contributed by atoms with Gasteiger partial charge in [-0.2, -0.15) is 22.0 Å². The van der Waals surface area contributed by atoms with E-state index < -0.39 is 41.2 Å². The van der Waals surface area contributed by atoms with Gasteiger partial charge < -0.3 is 5.73 Å². The molecule has 0 aliphatic rings. The summed E-state index contributed by atoms with van der Waals surface area (Å²) in [5.74, 6) is -10.8. The third-order valence-corrected chi connectivity index (χ3v) is 2.12. The third-order valence-electron chi connectivity index (χ3n) is 2.12. The van der Waals surface area contributed by atoms with Crippen LogP contribution in [0, 0.1) is 17.5 Å². The van der Waals surface area contributed by atoms with Crippen LogP contribution >= 0.6 is 0 Å². The number of benzene rings is 1. The van der Waals surface area contributed by atoms with Crippen LogP contribution in [0.15, 0.2) is 12.1 Å². The van der Waals surface area contributed by atoms with Gasteiger partial charge in [0.2, 0.25) is 0 Å². The normalized spacial score (nSPS) is 14.7. The summed E-state index contributed by atoms with van der Waals surface area (Å²) < 4.78 is 100.0. The zero-order valence-electron chi connectivity index (χ0n) is 8.33. The lowest BCUT2D eigenvalue weighted by Gasteiger charge is -2.26. The number of alkyl halides is 5. The molecule has 1 aromatic carbocycles. The Labute approximate surface area is 95.2 Å². The first-order valence-electron chi connectivity index (χ1n) is 4.33. The quantitative estimate of drug-likeness (QED) is 0.826. The van der Waals surface area contributed by atoms with Crippen molar-refractivity contribution in [1.82, 2.24) is 0 Å². The number of nitrogens with two attached hydrogens (primary N) is 1. The summed E-state index contributed by atoms with van der Waals surface area (Å²) in [6.07, 6.45) is -6.08. The highest BCUT2D eigenvalue weighted by Gasteiger charge is 2.62. The first-order chi connectivity index (χ1) is 7.98. The zero-order chi connectivity index (χ0) is 14.3. The van der Waals surface area contributed by atoms with E-state index in [1.807, 2.05) is 0 Å². The molecular weight excluding hydrogens is 274 g/mol. The fourth-order valence-electron chi connectivity index (χ4n) is 1.21. The van der Waals surface area contributed by atoms with Crippen molar-refractivity contribution in [3.63, 3.8) is 0 Å². The predicted molar refractivity (Wildman–Crippen MR) is 44.2 cm³/mol. The van der Waals surface area contributed by atoms with Crippen LogP contribution in [-0.2, 0) is 0 Å². The van der Waals surface area contributed by atoms with Crippen LogP contribution in [0.4, 0.5) is 35.1 Å². The van der Waals surface area contributed by atoms with Gasteiger partial charge in [0.05, 0.1) is 0 Å². The highest BCUT2D eigenvalue weighted by Crippen LogP contribution is 2.44. The van der Waals surface area contributed by atoms with E-state index in [0.29, 0.717) is 0 Å². The third kappa shape index (κ3) is 2.40. The lowest BCUT2D eigenvalue weighted by Crippen LogP contribution is -2.46. The molecule has 0 amide bonds. The number of hydrogen-bond acceptors (Lipinski definition) is 1. The van der Waals surface area contributed by atoms with E-state index in [2.05, 4.69) is 5.73 Å². The molecule has 9 heteroatoms. The van der Waals surface area contributed by atoms with Crippen molar-refractivity contribution in [3.8, 4) is 0 Å². The molecule has 0 spiro atoms. The Kier molecular flexibility index (Phi) is 3.57. The fraction of sp³-hybridized carbons (Fsp3) is 0.333. The molecule has 0 radical (unpaired) electrons. The Morgan fingerprint density at radius 2 is 1.28 bits per heavy atom. The predicted octanol–water partition coefficient (Wildman–Crippen LogP) is 3.30. The second-order valence-corrected chi connectivity index (χ2v) is 3.38. The van der Waals surface area contributed by atoms with Crippen molar-refractivity contribution < 1.29 is 35.1 Å². The average Bonchev–Trinajstić information content (AvgIpc) is 2.13. The highest BCUT2D eigenvalue weighted by molar-refractivity contribution is 5.26. The summed E-state index contributed by atoms with van der Waals surface area (Å²) in [7, 11) is 0. The smallest absolute Gasteiger partial charge is 0.319 e. The van der Waals surface area contributed by atoms with Gasteiger partial charge in [0, 0.05) is 17.7 Å². The molecule has 0 unspecified atom stereocenters. The minimum atomic E-state index is -6.08. The summed E-state index contributed by atoms with van der Waals surface area (Å²) in [5.41, 5.74) is 2.81. The van der Waals surface area contributed by atoms with Crippen molar-refractivity contribution in [1.29, 1.82) is 0 Å². The van der Waals surface area contributed by atoms with E-state index in [1.54, 1.807) is 0 Å². The molecule has 0 bridgehead atoms. The van der Waals surface area contributed by atoms with Crippen molar-refractivity contribution in [2.24, 2.45) is 5.73 Å². The minimum Gasteiger partial charge on any atom is -0.319 e. The summed E-state index contributed by atoms with van der Waals surface area (Å²) >= 11 is 0. The van der Waals surface area contributed by atoms with Crippen molar-refractivity contribution in [2.45, 2.75) is 18.1 Å². The lowest BCUT2D eigenvalue weighted by molar-refractivity contribution is -0.291. The molecule has 18 heavy (non-hydrogen) atoms. The van der Waals surface area contributed by atoms with E-state index in [0.717, 1.165) is 0 Å². The van der Waals surface area contributed by atoms with Gasteiger partial charge in [-0.15, -0.1) is 0 Å². The Bertz CT molecular complexity index is 429. The topological polar surface area (TPSA) is 26.0 Å². The molecule has 0 aliphatic carbocycles. The average molecular weight is 279 g/mol. The van der Waals surface area contributed by atoms with Crippen molar-refractivity contribution >= 4 is 0 Å². The second-order valence-electron chi connectivity index (χ2n) is 3.38. The van der Waals surface area contributed by atoms with Crippen LogP contribution in [-0.4, -0.2) is 12.1 Å². The van der Waals surface area contributed by atoms with Crippen LogP contribution in [0.3, 0.4) is 0 Å². The molecule has 0 aliphatic heterocycles. The molecule has 0 aromatic heterocycles. The van der Waals surface area contributed by atoms with Gasteiger partial charge in [-0.1, -0.05) is 0 Å². The maximum atomic E-state index is 13.0. The molecule has 0 heterocycles. The van der Waals surface area contributed by atoms with Gasteiger partial charge in [0.1, 0.15) is 23.5 Å². The molecule has 2 N–H and O–H groups in total. The van der Waals surface area contributed by atoms with Crippen molar-refractivity contribution in [3.05, 3.63) is 35.1 Å². The summed E-state index contributed by atoms with van der Waals surface area (Å²) in [4.78, 5) is 0. The number of halogens is 8. The maximum absolute atomic E-state index is 13.0. The van der Waals surface area contributed by atoms with Crippen molar-refractivity contribution in [2.75, 3.05) is 0 Å². The van der Waals surface area contributed by atoms with Gasteiger partial charge in [0.15, 0.2) is 0 Å². The zero-order valence-corrected chi connectivity index (χ0v) is 8.33. The van der Waals surface area contributed by atoms with E-state index in [9.17, 15) is 35.1 Å². The molecule has 1 atom stereocenters. The van der Waals surface area contributed by atoms with Crippen LogP contribution in [0.2, 0.25) is 0 Å². The minimum absolute atomic E-state index is 0.0370. The summed E-state index contributed by atoms with van der Waals surface area (Å²) in [6, 6.07) is -3.38. The van der Waals surface area contributed by atoms with Gasteiger partial charge in [-0.05, 0) is 0 Å². The monoisotopic (exact) mass is 279 g/mol. The molecule has 1 rings (SSSR count). The second kappa shape index (κ2) is 4.38. The fourth-order valence-corrected chi connectivity index (χ4v) is 1.21. The number of hydrogen-bond donors (Lipinski definition) is 1. The largest absolute Gasteiger partial charge is 0.455 e. The van der Waals surface area contributed by atoms with Gasteiger partial charge in [-0.3, -0.25) is 0 Å². The standard InChI is InChI=1S/C9H5F8N/c10-3-1-4(11)6(5(12)2-3)7(18)8(13,14)9(15,16)17/h1-2,7H,18H2/t7-/m0/s1. The van der Waals surface area contributed by atoms with E-state index in [-0.39, 0.29) is 12.1 Å². The Balaban J connectivity index is 3.32. The van der Waals surface area contributed by atoms with Crippen LogP contribution in [0.25, 0.3) is 0 Å². The molecule has 0 fully saturated rings. The maximum Gasteiger partial charge on any atom is 0.455 e. The molecule has 0 saturated carbocycles. The first kappa shape index (κ1) is 14.7. The van der Waals surface area contributed by atoms with Gasteiger partial charge >= 0.3 is 12.1 Å². The van der Waals surface area contributed by atoms with Crippen LogP contribution < -0.4 is 5.73 Å². The lowest BCUT2D eigenvalue weighted by atomic mass is 9.99. The van der Waals surface area contributed by atoms with E-state index in [4.69, 9.17) is 0 Å². The Morgan fingerprint density at radius 3 is 1.61 bits per heavy atom. The first-order valence-corrected chi connectivity index (χ1v) is 4.33. The highest BCUT2D eigenvalue weighted by atomic mass is 19.4. The van der Waals surface area contributed by atoms with E-state index >= 15 is 0 Å². The molecule has 0 saturated heterocycles. The molecule has 102 valence electrons.